The minimum Gasteiger partial charge on any atom is -0.331 e. The second kappa shape index (κ2) is 3.64. The van der Waals surface area contributed by atoms with Crippen LogP contribution in [0.3, 0.4) is 0 Å². The molecule has 0 radical (unpaired) electrons. The third-order valence-corrected chi connectivity index (χ3v) is 3.06. The number of piperidine rings is 1. The molecule has 5 heteroatoms. The van der Waals surface area contributed by atoms with Crippen molar-refractivity contribution < 1.29 is 19.2 Å². The normalized spacial score (nSPS) is 30.3. The minimum atomic E-state index is -0.631. The van der Waals surface area contributed by atoms with Crippen LogP contribution in [0.15, 0.2) is 0 Å². The van der Waals surface area contributed by atoms with Gasteiger partial charge in [-0.15, -0.1) is 5.06 Å². The summed E-state index contributed by atoms with van der Waals surface area (Å²) in [5, 5.41) is 0.648. The van der Waals surface area contributed by atoms with Gasteiger partial charge < -0.3 is 4.84 Å². The van der Waals surface area contributed by atoms with E-state index in [9.17, 15) is 14.4 Å². The van der Waals surface area contributed by atoms with E-state index in [0.29, 0.717) is 11.5 Å². The molecule has 1 saturated heterocycles. The summed E-state index contributed by atoms with van der Waals surface area (Å²) in [5.41, 5.74) is 0. The predicted octanol–water partition coefficient (Wildman–Crippen LogP) is 0.640. The van der Waals surface area contributed by atoms with Crippen molar-refractivity contribution in [2.45, 2.75) is 32.6 Å². The van der Waals surface area contributed by atoms with Gasteiger partial charge in [-0.05, 0) is 18.8 Å². The van der Waals surface area contributed by atoms with E-state index in [0.717, 1.165) is 19.3 Å². The first kappa shape index (κ1) is 10.1. The fraction of sp³-hybridized carbons (Fsp3) is 0.700. The van der Waals surface area contributed by atoms with Crippen molar-refractivity contribution in [2.24, 2.45) is 11.8 Å². The molecule has 0 N–H and O–H groups in total. The fourth-order valence-corrected chi connectivity index (χ4v) is 2.41. The van der Waals surface area contributed by atoms with E-state index < -0.39 is 11.9 Å². The first-order valence-electron chi connectivity index (χ1n) is 5.15. The fourth-order valence-electron chi connectivity index (χ4n) is 2.41. The Morgan fingerprint density at radius 2 is 2.13 bits per heavy atom. The average Bonchev–Trinajstić information content (AvgIpc) is 2.59. The summed E-state index contributed by atoms with van der Waals surface area (Å²) in [4.78, 5) is 38.6. The van der Waals surface area contributed by atoms with Gasteiger partial charge in [0.25, 0.3) is 11.8 Å². The van der Waals surface area contributed by atoms with Crippen LogP contribution in [-0.4, -0.2) is 22.8 Å². The highest BCUT2D eigenvalue weighted by atomic mass is 16.7. The monoisotopic (exact) mass is 211 g/mol. The summed E-state index contributed by atoms with van der Waals surface area (Å²) in [7, 11) is 0. The van der Waals surface area contributed by atoms with E-state index >= 15 is 0 Å². The lowest BCUT2D eigenvalue weighted by atomic mass is 9.88. The lowest BCUT2D eigenvalue weighted by molar-refractivity contribution is -0.208. The maximum absolute atomic E-state index is 11.8. The Hall–Kier alpha value is -1.39. The van der Waals surface area contributed by atoms with Crippen molar-refractivity contribution in [3.05, 3.63) is 0 Å². The molecule has 1 aliphatic heterocycles. The molecule has 0 bridgehead atoms. The molecule has 2 rings (SSSR count). The number of hydrogen-bond acceptors (Lipinski definition) is 4. The number of nitrogens with zero attached hydrogens (tertiary/aromatic N) is 1. The number of carbonyl (C=O) groups excluding carboxylic acids is 3. The topological polar surface area (TPSA) is 63.7 Å². The van der Waals surface area contributed by atoms with Crippen LogP contribution in [0.4, 0.5) is 0 Å². The maximum Gasteiger partial charge on any atom is 0.330 e. The molecule has 2 unspecified atom stereocenters. The Balaban J connectivity index is 2.14. The molecular weight excluding hydrogens is 198 g/mol. The van der Waals surface area contributed by atoms with Crippen molar-refractivity contribution in [1.82, 2.24) is 5.06 Å². The van der Waals surface area contributed by atoms with Crippen molar-refractivity contribution in [3.8, 4) is 0 Å². The lowest BCUT2D eigenvalue weighted by Gasteiger charge is -2.30. The first-order valence-corrected chi connectivity index (χ1v) is 5.15. The summed E-state index contributed by atoms with van der Waals surface area (Å²) in [6.07, 6.45) is 3.02. The zero-order chi connectivity index (χ0) is 11.0. The Morgan fingerprint density at radius 3 is 2.80 bits per heavy atom. The number of imide groups is 1. The van der Waals surface area contributed by atoms with Crippen molar-refractivity contribution in [1.29, 1.82) is 0 Å². The van der Waals surface area contributed by atoms with Crippen LogP contribution in [-0.2, 0) is 19.2 Å². The summed E-state index contributed by atoms with van der Waals surface area (Å²) in [5.74, 6) is -1.32. The molecule has 1 saturated carbocycles. The van der Waals surface area contributed by atoms with E-state index in [2.05, 4.69) is 4.84 Å². The van der Waals surface area contributed by atoms with Gasteiger partial charge in [0.15, 0.2) is 0 Å². The molecule has 0 aromatic heterocycles. The van der Waals surface area contributed by atoms with Crippen molar-refractivity contribution >= 4 is 17.8 Å². The molecule has 0 aromatic carbocycles. The van der Waals surface area contributed by atoms with Crippen LogP contribution in [0.2, 0.25) is 0 Å². The summed E-state index contributed by atoms with van der Waals surface area (Å²) >= 11 is 0. The van der Waals surface area contributed by atoms with E-state index in [1.807, 2.05) is 0 Å². The molecule has 15 heavy (non-hydrogen) atoms. The number of fused-ring (bicyclic) bond motifs is 1. The Kier molecular flexibility index (Phi) is 2.46. The van der Waals surface area contributed by atoms with Gasteiger partial charge in [-0.25, -0.2) is 4.79 Å². The molecule has 1 heterocycles. The third-order valence-electron chi connectivity index (χ3n) is 3.06. The van der Waals surface area contributed by atoms with Gasteiger partial charge in [-0.3, -0.25) is 9.59 Å². The molecule has 2 atom stereocenters. The van der Waals surface area contributed by atoms with Gasteiger partial charge in [0.1, 0.15) is 0 Å². The van der Waals surface area contributed by atoms with E-state index in [4.69, 9.17) is 0 Å². The quantitative estimate of drug-likeness (QED) is 0.597. The first-order chi connectivity index (χ1) is 7.09. The second-order valence-electron chi connectivity index (χ2n) is 4.11. The van der Waals surface area contributed by atoms with Crippen LogP contribution in [0.5, 0.6) is 0 Å². The largest absolute Gasteiger partial charge is 0.331 e. The van der Waals surface area contributed by atoms with Crippen LogP contribution in [0, 0.1) is 11.8 Å². The zero-order valence-corrected chi connectivity index (χ0v) is 8.56. The SMILES string of the molecule is CC(=O)ON1C(=O)CC2CCCC2C1=O. The van der Waals surface area contributed by atoms with Gasteiger partial charge in [0.05, 0.1) is 0 Å². The molecule has 2 fully saturated rings. The molecule has 82 valence electrons. The average molecular weight is 211 g/mol. The smallest absolute Gasteiger partial charge is 0.330 e. The van der Waals surface area contributed by atoms with E-state index in [-0.39, 0.29) is 17.7 Å². The predicted molar refractivity (Wildman–Crippen MR) is 49.1 cm³/mol. The summed E-state index contributed by atoms with van der Waals surface area (Å²) in [6, 6.07) is 0. The molecule has 0 spiro atoms. The number of hydrogen-bond donors (Lipinski definition) is 0. The number of rotatable bonds is 1. The standard InChI is InChI=1S/C10H13NO4/c1-6(12)15-11-9(13)5-7-3-2-4-8(7)10(11)14/h7-8H,2-5H2,1H3. The Morgan fingerprint density at radius 1 is 1.40 bits per heavy atom. The zero-order valence-electron chi connectivity index (χ0n) is 8.56. The molecule has 2 amide bonds. The van der Waals surface area contributed by atoms with Crippen LogP contribution >= 0.6 is 0 Å². The maximum atomic E-state index is 11.8. The summed E-state index contributed by atoms with van der Waals surface area (Å²) in [6.45, 7) is 1.18. The van der Waals surface area contributed by atoms with Crippen molar-refractivity contribution in [2.75, 3.05) is 0 Å². The third kappa shape index (κ3) is 1.73. The number of carbonyl (C=O) groups is 3. The second-order valence-corrected chi connectivity index (χ2v) is 4.11. The minimum absolute atomic E-state index is 0.123. The molecule has 1 aliphatic carbocycles. The van der Waals surface area contributed by atoms with E-state index in [1.54, 1.807) is 0 Å². The Bertz CT molecular complexity index is 325. The molecular formula is C10H13NO4. The highest BCUT2D eigenvalue weighted by Gasteiger charge is 2.45. The summed E-state index contributed by atoms with van der Waals surface area (Å²) < 4.78 is 0. The van der Waals surface area contributed by atoms with Crippen LogP contribution < -0.4 is 0 Å². The van der Waals surface area contributed by atoms with Gasteiger partial charge in [-0.2, -0.15) is 0 Å². The Labute approximate surface area is 87.3 Å². The van der Waals surface area contributed by atoms with Crippen molar-refractivity contribution in [3.63, 3.8) is 0 Å². The molecule has 5 nitrogen and oxygen atoms in total. The number of amides is 2. The molecule has 0 aromatic rings. The van der Waals surface area contributed by atoms with Gasteiger partial charge >= 0.3 is 5.97 Å². The van der Waals surface area contributed by atoms with Crippen LogP contribution in [0.1, 0.15) is 32.6 Å². The van der Waals surface area contributed by atoms with Crippen LogP contribution in [0.25, 0.3) is 0 Å². The van der Waals surface area contributed by atoms with Gasteiger partial charge in [-0.1, -0.05) is 6.42 Å². The highest BCUT2D eigenvalue weighted by molar-refractivity contribution is 5.99. The number of hydroxylamine groups is 2. The molecule has 2 aliphatic rings. The van der Waals surface area contributed by atoms with E-state index in [1.165, 1.54) is 6.92 Å². The lowest BCUT2D eigenvalue weighted by Crippen LogP contribution is -2.48. The van der Waals surface area contributed by atoms with Gasteiger partial charge in [0, 0.05) is 19.3 Å². The highest BCUT2D eigenvalue weighted by Crippen LogP contribution is 2.39. The van der Waals surface area contributed by atoms with Gasteiger partial charge in [0.2, 0.25) is 0 Å².